The van der Waals surface area contributed by atoms with Crippen molar-refractivity contribution < 1.29 is 14.3 Å². The summed E-state index contributed by atoms with van der Waals surface area (Å²) in [6.45, 7) is 0.303. The lowest BCUT2D eigenvalue weighted by Gasteiger charge is -2.06. The number of carbonyl (C=O) groups is 1. The number of methoxy groups -OCH3 is 1. The fourth-order valence-corrected chi connectivity index (χ4v) is 1.50. The van der Waals surface area contributed by atoms with Gasteiger partial charge in [-0.1, -0.05) is 30.3 Å². The molecule has 4 heteroatoms. The maximum absolute atomic E-state index is 11.3. The summed E-state index contributed by atoms with van der Waals surface area (Å²) in [7, 11) is 1.64. The van der Waals surface area contributed by atoms with Gasteiger partial charge in [0.25, 0.3) is 0 Å². The van der Waals surface area contributed by atoms with Crippen molar-refractivity contribution in [3.63, 3.8) is 0 Å². The van der Waals surface area contributed by atoms with Crippen LogP contribution in [0.4, 0.5) is 4.79 Å². The molecule has 1 amide bonds. The maximum atomic E-state index is 11.3. The molecule has 0 radical (unpaired) electrons. The summed E-state index contributed by atoms with van der Waals surface area (Å²) in [6.07, 6.45) is 0.648. The smallest absolute Gasteiger partial charge is 0.407 e. The zero-order valence-corrected chi connectivity index (χ0v) is 9.18. The predicted molar refractivity (Wildman–Crippen MR) is 59.0 cm³/mol. The number of ether oxygens (including phenoxy) is 2. The third kappa shape index (κ3) is 2.97. The monoisotopic (exact) mass is 221 g/mol. The van der Waals surface area contributed by atoms with Crippen molar-refractivity contribution in [1.29, 1.82) is 0 Å². The van der Waals surface area contributed by atoms with Crippen LogP contribution in [0.5, 0.6) is 0 Å². The van der Waals surface area contributed by atoms with Crippen LogP contribution >= 0.6 is 0 Å². The van der Waals surface area contributed by atoms with Gasteiger partial charge in [-0.15, -0.1) is 0 Å². The molecule has 0 bridgehead atoms. The first kappa shape index (κ1) is 11.0. The molecule has 4 nitrogen and oxygen atoms in total. The molecule has 1 aliphatic rings. The molecule has 0 aliphatic heterocycles. The number of benzene rings is 1. The van der Waals surface area contributed by atoms with Gasteiger partial charge >= 0.3 is 6.09 Å². The lowest BCUT2D eigenvalue weighted by atomic mass is 10.2. The van der Waals surface area contributed by atoms with Gasteiger partial charge in [0.1, 0.15) is 6.61 Å². The second-order valence-corrected chi connectivity index (χ2v) is 3.82. The van der Waals surface area contributed by atoms with Crippen LogP contribution in [0.1, 0.15) is 12.0 Å². The van der Waals surface area contributed by atoms with E-state index < -0.39 is 0 Å². The third-order valence-corrected chi connectivity index (χ3v) is 2.55. The minimum Gasteiger partial charge on any atom is -0.445 e. The summed E-state index contributed by atoms with van der Waals surface area (Å²) < 4.78 is 10.1. The van der Waals surface area contributed by atoms with Gasteiger partial charge in [0.2, 0.25) is 0 Å². The number of alkyl carbamates (subject to hydrolysis) is 1. The van der Waals surface area contributed by atoms with Crippen molar-refractivity contribution in [2.45, 2.75) is 25.2 Å². The van der Waals surface area contributed by atoms with Gasteiger partial charge in [-0.3, -0.25) is 0 Å². The Morgan fingerprint density at radius 2 is 2.19 bits per heavy atom. The summed E-state index contributed by atoms with van der Waals surface area (Å²) in [5, 5.41) is 2.74. The summed E-state index contributed by atoms with van der Waals surface area (Å²) in [5.74, 6) is 0. The van der Waals surface area contributed by atoms with Gasteiger partial charge in [-0.05, 0) is 12.0 Å². The van der Waals surface area contributed by atoms with E-state index in [2.05, 4.69) is 5.32 Å². The highest BCUT2D eigenvalue weighted by molar-refractivity contribution is 5.68. The molecule has 16 heavy (non-hydrogen) atoms. The molecule has 0 aromatic heterocycles. The maximum Gasteiger partial charge on any atom is 0.407 e. The standard InChI is InChI=1S/C12H15NO3/c1-15-11-7-10(11)13-12(14)16-8-9-5-3-2-4-6-9/h2-6,10-11H,7-8H2,1H3,(H,13,14)/t10-,11+/m1/s1. The molecular formula is C12H15NO3. The Bertz CT molecular complexity index is 353. The molecule has 1 N–H and O–H groups in total. The van der Waals surface area contributed by atoms with E-state index in [9.17, 15) is 4.79 Å². The van der Waals surface area contributed by atoms with Gasteiger partial charge in [0.15, 0.2) is 0 Å². The average Bonchev–Trinajstić information content (AvgIpc) is 3.06. The van der Waals surface area contributed by atoms with Gasteiger partial charge in [0.05, 0.1) is 12.1 Å². The fourth-order valence-electron chi connectivity index (χ4n) is 1.50. The number of carbonyl (C=O) groups excluding carboxylic acids is 1. The van der Waals surface area contributed by atoms with E-state index >= 15 is 0 Å². The molecule has 1 aromatic rings. The Morgan fingerprint density at radius 3 is 2.81 bits per heavy atom. The largest absolute Gasteiger partial charge is 0.445 e. The Balaban J connectivity index is 1.69. The molecule has 0 unspecified atom stereocenters. The van der Waals surface area contributed by atoms with E-state index in [4.69, 9.17) is 9.47 Å². The lowest BCUT2D eigenvalue weighted by Crippen LogP contribution is -2.28. The molecule has 86 valence electrons. The van der Waals surface area contributed by atoms with Crippen molar-refractivity contribution in [2.24, 2.45) is 0 Å². The molecule has 0 spiro atoms. The number of amides is 1. The Morgan fingerprint density at radius 1 is 1.44 bits per heavy atom. The van der Waals surface area contributed by atoms with Crippen LogP contribution in [0.2, 0.25) is 0 Å². The van der Waals surface area contributed by atoms with Crippen LogP contribution in [0.25, 0.3) is 0 Å². The first-order valence-electron chi connectivity index (χ1n) is 5.29. The molecule has 1 aromatic carbocycles. The molecule has 1 aliphatic carbocycles. The van der Waals surface area contributed by atoms with Gasteiger partial charge in [-0.25, -0.2) is 4.79 Å². The Kier molecular flexibility index (Phi) is 3.41. The van der Waals surface area contributed by atoms with Crippen LogP contribution in [-0.2, 0) is 16.1 Å². The SMILES string of the molecule is CO[C@H]1C[C@H]1NC(=O)OCc1ccccc1. The highest BCUT2D eigenvalue weighted by Gasteiger charge is 2.38. The Labute approximate surface area is 94.6 Å². The highest BCUT2D eigenvalue weighted by atomic mass is 16.5. The summed E-state index contributed by atoms with van der Waals surface area (Å²) in [4.78, 5) is 11.3. The fraction of sp³-hybridized carbons (Fsp3) is 0.417. The van der Waals surface area contributed by atoms with E-state index in [0.717, 1.165) is 12.0 Å². The first-order chi connectivity index (χ1) is 7.79. The Hall–Kier alpha value is -1.55. The van der Waals surface area contributed by atoms with E-state index in [1.165, 1.54) is 0 Å². The highest BCUT2D eigenvalue weighted by Crippen LogP contribution is 2.24. The van der Waals surface area contributed by atoms with Crippen LogP contribution in [0, 0.1) is 0 Å². The van der Waals surface area contributed by atoms with E-state index in [-0.39, 0.29) is 18.2 Å². The number of rotatable bonds is 4. The van der Waals surface area contributed by atoms with Crippen molar-refractivity contribution in [2.75, 3.05) is 7.11 Å². The molecule has 2 rings (SSSR count). The average molecular weight is 221 g/mol. The summed E-state index contributed by atoms with van der Waals surface area (Å²) in [6, 6.07) is 9.71. The molecular weight excluding hydrogens is 206 g/mol. The van der Waals surface area contributed by atoms with Crippen molar-refractivity contribution in [3.05, 3.63) is 35.9 Å². The molecule has 2 atom stereocenters. The normalized spacial score (nSPS) is 22.6. The van der Waals surface area contributed by atoms with Crippen LogP contribution < -0.4 is 5.32 Å². The van der Waals surface area contributed by atoms with Crippen LogP contribution in [0.15, 0.2) is 30.3 Å². The summed E-state index contributed by atoms with van der Waals surface area (Å²) >= 11 is 0. The molecule has 1 fully saturated rings. The third-order valence-electron chi connectivity index (χ3n) is 2.55. The minimum absolute atomic E-state index is 0.119. The number of hydrogen-bond donors (Lipinski definition) is 1. The molecule has 0 heterocycles. The van der Waals surface area contributed by atoms with Crippen molar-refractivity contribution >= 4 is 6.09 Å². The second kappa shape index (κ2) is 4.99. The number of hydrogen-bond acceptors (Lipinski definition) is 3. The van der Waals surface area contributed by atoms with Crippen molar-refractivity contribution in [1.82, 2.24) is 5.32 Å². The molecule has 0 saturated heterocycles. The van der Waals surface area contributed by atoms with Crippen LogP contribution in [0.3, 0.4) is 0 Å². The lowest BCUT2D eigenvalue weighted by molar-refractivity contribution is 0.132. The van der Waals surface area contributed by atoms with E-state index in [1.807, 2.05) is 30.3 Å². The van der Waals surface area contributed by atoms with Gasteiger partial charge in [0, 0.05) is 7.11 Å². The second-order valence-electron chi connectivity index (χ2n) is 3.82. The number of nitrogens with one attached hydrogen (secondary N) is 1. The quantitative estimate of drug-likeness (QED) is 0.841. The van der Waals surface area contributed by atoms with Gasteiger partial charge < -0.3 is 14.8 Å². The molecule has 1 saturated carbocycles. The predicted octanol–water partition coefficient (Wildman–Crippen LogP) is 1.70. The van der Waals surface area contributed by atoms with Crippen molar-refractivity contribution in [3.8, 4) is 0 Å². The van der Waals surface area contributed by atoms with E-state index in [0.29, 0.717) is 6.61 Å². The van der Waals surface area contributed by atoms with Gasteiger partial charge in [-0.2, -0.15) is 0 Å². The zero-order chi connectivity index (χ0) is 11.4. The van der Waals surface area contributed by atoms with Crippen LogP contribution in [-0.4, -0.2) is 25.3 Å². The zero-order valence-electron chi connectivity index (χ0n) is 9.18. The minimum atomic E-state index is -0.381. The topological polar surface area (TPSA) is 47.6 Å². The first-order valence-corrected chi connectivity index (χ1v) is 5.29. The van der Waals surface area contributed by atoms with E-state index in [1.54, 1.807) is 7.11 Å². The summed E-state index contributed by atoms with van der Waals surface area (Å²) in [5.41, 5.74) is 0.983.